The predicted molar refractivity (Wildman–Crippen MR) is 98.2 cm³/mol. The number of benzene rings is 3. The molecule has 4 rings (SSSR count). The summed E-state index contributed by atoms with van der Waals surface area (Å²) < 4.78 is 29.3. The monoisotopic (exact) mass is 399 g/mol. The Morgan fingerprint density at radius 3 is 1.96 bits per heavy atom. The van der Waals surface area contributed by atoms with Crippen LogP contribution in [0.15, 0.2) is 82.2 Å². The molecule has 0 saturated heterocycles. The van der Waals surface area contributed by atoms with E-state index in [0.29, 0.717) is 0 Å². The summed E-state index contributed by atoms with van der Waals surface area (Å²) in [4.78, 5) is 0.249. The van der Waals surface area contributed by atoms with Crippen molar-refractivity contribution in [1.29, 1.82) is 0 Å². The second kappa shape index (κ2) is 5.84. The minimum absolute atomic E-state index is 0.249. The van der Waals surface area contributed by atoms with Crippen molar-refractivity contribution in [3.63, 3.8) is 0 Å². The maximum Gasteiger partial charge on any atom is 0.241 e. The van der Waals surface area contributed by atoms with Gasteiger partial charge in [0.05, 0.1) is 10.9 Å². The smallest absolute Gasteiger partial charge is 0.207 e. The van der Waals surface area contributed by atoms with Crippen molar-refractivity contribution in [3.05, 3.63) is 88.4 Å². The van der Waals surface area contributed by atoms with E-state index >= 15 is 0 Å². The molecule has 120 valence electrons. The molecular weight excluding hydrogens is 386 g/mol. The summed E-state index contributed by atoms with van der Waals surface area (Å²) in [6.07, 6.45) is 0. The van der Waals surface area contributed by atoms with Crippen LogP contribution in [-0.4, -0.2) is 8.42 Å². The molecule has 0 radical (unpaired) electrons. The Hall–Kier alpha value is -1.95. The average molecular weight is 400 g/mol. The standard InChI is InChI=1S/C19H14BrNO2S/c20-13-6-5-7-14(12-13)24(22,23)21-19-17-10-3-1-8-15(17)16-9-2-4-11-18(16)19/h1-12,19,21H. The van der Waals surface area contributed by atoms with E-state index in [1.807, 2.05) is 48.5 Å². The highest BCUT2D eigenvalue weighted by atomic mass is 79.9. The highest BCUT2D eigenvalue weighted by molar-refractivity contribution is 9.10. The predicted octanol–water partition coefficient (Wildman–Crippen LogP) is 4.50. The van der Waals surface area contributed by atoms with Crippen molar-refractivity contribution in [3.8, 4) is 11.1 Å². The molecule has 0 unspecified atom stereocenters. The van der Waals surface area contributed by atoms with E-state index in [0.717, 1.165) is 26.7 Å². The molecule has 0 bridgehead atoms. The van der Waals surface area contributed by atoms with Crippen molar-refractivity contribution in [1.82, 2.24) is 4.72 Å². The fraction of sp³-hybridized carbons (Fsp3) is 0.0526. The molecule has 0 spiro atoms. The number of hydrogen-bond acceptors (Lipinski definition) is 2. The normalized spacial score (nSPS) is 13.5. The Morgan fingerprint density at radius 1 is 0.792 bits per heavy atom. The van der Waals surface area contributed by atoms with Gasteiger partial charge in [-0.05, 0) is 40.5 Å². The minimum atomic E-state index is -3.63. The molecule has 3 nitrogen and oxygen atoms in total. The van der Waals surface area contributed by atoms with Crippen LogP contribution in [0.5, 0.6) is 0 Å². The van der Waals surface area contributed by atoms with Crippen molar-refractivity contribution < 1.29 is 8.42 Å². The maximum atomic E-state index is 12.8. The van der Waals surface area contributed by atoms with E-state index in [2.05, 4.69) is 20.7 Å². The lowest BCUT2D eigenvalue weighted by Gasteiger charge is -2.16. The first kappa shape index (κ1) is 15.6. The molecule has 0 aromatic heterocycles. The van der Waals surface area contributed by atoms with E-state index in [4.69, 9.17) is 0 Å². The lowest BCUT2D eigenvalue weighted by Crippen LogP contribution is -2.28. The van der Waals surface area contributed by atoms with Crippen LogP contribution in [0.4, 0.5) is 0 Å². The fourth-order valence-corrected chi connectivity index (χ4v) is 4.93. The summed E-state index contributed by atoms with van der Waals surface area (Å²) in [5, 5.41) is 0. The van der Waals surface area contributed by atoms with Crippen molar-refractivity contribution in [2.24, 2.45) is 0 Å². The minimum Gasteiger partial charge on any atom is -0.207 e. The topological polar surface area (TPSA) is 46.2 Å². The Morgan fingerprint density at radius 2 is 1.38 bits per heavy atom. The van der Waals surface area contributed by atoms with Crippen LogP contribution in [0.25, 0.3) is 11.1 Å². The summed E-state index contributed by atoms with van der Waals surface area (Å²) in [6.45, 7) is 0. The van der Waals surface area contributed by atoms with Crippen LogP contribution >= 0.6 is 15.9 Å². The zero-order valence-electron chi connectivity index (χ0n) is 12.6. The summed E-state index contributed by atoms with van der Waals surface area (Å²) in [5.74, 6) is 0. The molecule has 1 aliphatic carbocycles. The maximum absolute atomic E-state index is 12.8. The largest absolute Gasteiger partial charge is 0.241 e. The average Bonchev–Trinajstić information content (AvgIpc) is 2.89. The number of rotatable bonds is 3. The summed E-state index contributed by atoms with van der Waals surface area (Å²) in [6, 6.07) is 22.2. The zero-order chi connectivity index (χ0) is 16.7. The molecule has 3 aromatic carbocycles. The fourth-order valence-electron chi connectivity index (χ4n) is 3.14. The highest BCUT2D eigenvalue weighted by Gasteiger charge is 2.31. The summed E-state index contributed by atoms with van der Waals surface area (Å²) in [7, 11) is -3.63. The highest BCUT2D eigenvalue weighted by Crippen LogP contribution is 2.43. The number of nitrogens with one attached hydrogen (secondary N) is 1. The molecule has 0 saturated carbocycles. The van der Waals surface area contributed by atoms with Gasteiger partial charge in [-0.2, -0.15) is 4.72 Å². The molecule has 0 amide bonds. The third-order valence-electron chi connectivity index (χ3n) is 4.21. The zero-order valence-corrected chi connectivity index (χ0v) is 15.0. The van der Waals surface area contributed by atoms with Gasteiger partial charge < -0.3 is 0 Å². The molecule has 0 atom stereocenters. The number of hydrogen-bond donors (Lipinski definition) is 1. The van der Waals surface area contributed by atoms with Gasteiger partial charge >= 0.3 is 0 Å². The molecule has 0 fully saturated rings. The summed E-state index contributed by atoms with van der Waals surface area (Å²) >= 11 is 3.33. The molecule has 1 N–H and O–H groups in total. The first-order valence-corrected chi connectivity index (χ1v) is 9.80. The third kappa shape index (κ3) is 2.59. The van der Waals surface area contributed by atoms with E-state index in [1.54, 1.807) is 24.3 Å². The number of halogens is 1. The lowest BCUT2D eigenvalue weighted by atomic mass is 10.1. The van der Waals surface area contributed by atoms with Gasteiger partial charge in [-0.3, -0.25) is 0 Å². The SMILES string of the molecule is O=S(=O)(NC1c2ccccc2-c2ccccc21)c1cccc(Br)c1. The first-order chi connectivity index (χ1) is 11.6. The van der Waals surface area contributed by atoms with Crippen LogP contribution in [0, 0.1) is 0 Å². The quantitative estimate of drug-likeness (QED) is 0.704. The van der Waals surface area contributed by atoms with Gasteiger partial charge in [0, 0.05) is 4.47 Å². The number of sulfonamides is 1. The van der Waals surface area contributed by atoms with Gasteiger partial charge in [-0.1, -0.05) is 70.5 Å². The molecule has 0 aliphatic heterocycles. The Labute approximate surface area is 149 Å². The van der Waals surface area contributed by atoms with Gasteiger partial charge in [0.1, 0.15) is 0 Å². The van der Waals surface area contributed by atoms with E-state index in [9.17, 15) is 8.42 Å². The lowest BCUT2D eigenvalue weighted by molar-refractivity contribution is 0.573. The van der Waals surface area contributed by atoms with Crippen LogP contribution in [0.3, 0.4) is 0 Å². The van der Waals surface area contributed by atoms with Gasteiger partial charge in [0.25, 0.3) is 0 Å². The van der Waals surface area contributed by atoms with Crippen LogP contribution < -0.4 is 4.72 Å². The van der Waals surface area contributed by atoms with Crippen molar-refractivity contribution in [2.75, 3.05) is 0 Å². The van der Waals surface area contributed by atoms with Crippen LogP contribution in [0.2, 0.25) is 0 Å². The second-order valence-electron chi connectivity index (χ2n) is 5.69. The molecule has 1 aliphatic rings. The molecular formula is C19H14BrNO2S. The Balaban J connectivity index is 1.80. The molecule has 0 heterocycles. The first-order valence-electron chi connectivity index (χ1n) is 7.52. The van der Waals surface area contributed by atoms with E-state index in [1.165, 1.54) is 0 Å². The Bertz CT molecular complexity index is 985. The van der Waals surface area contributed by atoms with Gasteiger partial charge in [0.15, 0.2) is 0 Å². The summed E-state index contributed by atoms with van der Waals surface area (Å²) in [5.41, 5.74) is 4.12. The van der Waals surface area contributed by atoms with Crippen molar-refractivity contribution >= 4 is 26.0 Å². The van der Waals surface area contributed by atoms with E-state index < -0.39 is 10.0 Å². The third-order valence-corrected chi connectivity index (χ3v) is 6.13. The molecule has 5 heteroatoms. The van der Waals surface area contributed by atoms with Crippen LogP contribution in [0.1, 0.15) is 17.2 Å². The van der Waals surface area contributed by atoms with Gasteiger partial charge in [-0.25, -0.2) is 8.42 Å². The van der Waals surface area contributed by atoms with E-state index in [-0.39, 0.29) is 10.9 Å². The van der Waals surface area contributed by atoms with Crippen LogP contribution in [-0.2, 0) is 10.0 Å². The second-order valence-corrected chi connectivity index (χ2v) is 8.32. The number of fused-ring (bicyclic) bond motifs is 3. The van der Waals surface area contributed by atoms with Gasteiger partial charge in [0.2, 0.25) is 10.0 Å². The van der Waals surface area contributed by atoms with Gasteiger partial charge in [-0.15, -0.1) is 0 Å². The molecule has 24 heavy (non-hydrogen) atoms. The molecule has 3 aromatic rings. The van der Waals surface area contributed by atoms with Crippen molar-refractivity contribution in [2.45, 2.75) is 10.9 Å². The Kier molecular flexibility index (Phi) is 3.79.